The van der Waals surface area contributed by atoms with Crippen molar-refractivity contribution < 1.29 is 4.79 Å². The highest BCUT2D eigenvalue weighted by Gasteiger charge is 2.29. The van der Waals surface area contributed by atoms with Gasteiger partial charge in [-0.15, -0.1) is 11.3 Å². The van der Waals surface area contributed by atoms with Crippen LogP contribution in [0.15, 0.2) is 6.07 Å². The molecule has 0 radical (unpaired) electrons. The van der Waals surface area contributed by atoms with E-state index in [1.54, 1.807) is 11.3 Å². The van der Waals surface area contributed by atoms with E-state index in [-0.39, 0.29) is 0 Å². The number of carbonyl (C=O) groups is 1. The van der Waals surface area contributed by atoms with Crippen LogP contribution in [0.25, 0.3) is 0 Å². The lowest BCUT2D eigenvalue weighted by Crippen LogP contribution is -2.55. The molecule has 1 aromatic rings. The van der Waals surface area contributed by atoms with Gasteiger partial charge in [0.1, 0.15) is 0 Å². The first-order valence-corrected chi connectivity index (χ1v) is 8.52. The van der Waals surface area contributed by atoms with Crippen molar-refractivity contribution in [1.82, 2.24) is 9.80 Å². The number of carbonyl (C=O) groups excluding carboxylic acids is 1. The van der Waals surface area contributed by atoms with E-state index in [0.717, 1.165) is 25.2 Å². The standard InChI is InChI=1S/C16H24N2OS/c1-12-9-15(13(2)20-12)16(19)11-17-7-8-18-6-4-3-5-14(18)10-17/h9,14H,3-8,10-11H2,1-2H3. The Hall–Kier alpha value is -0.710. The maximum atomic E-state index is 12.5. The van der Waals surface area contributed by atoms with E-state index < -0.39 is 0 Å². The van der Waals surface area contributed by atoms with Gasteiger partial charge in [-0.05, 0) is 39.3 Å². The van der Waals surface area contributed by atoms with Crippen molar-refractivity contribution in [3.05, 3.63) is 21.4 Å². The molecule has 1 atom stereocenters. The highest BCUT2D eigenvalue weighted by atomic mass is 32.1. The number of rotatable bonds is 3. The second kappa shape index (κ2) is 5.96. The maximum absolute atomic E-state index is 12.5. The van der Waals surface area contributed by atoms with Crippen LogP contribution in [0.2, 0.25) is 0 Å². The van der Waals surface area contributed by atoms with Gasteiger partial charge in [-0.2, -0.15) is 0 Å². The number of fused-ring (bicyclic) bond motifs is 1. The number of aryl methyl sites for hydroxylation is 2. The molecule has 0 N–H and O–H groups in total. The Morgan fingerprint density at radius 1 is 1.30 bits per heavy atom. The molecule has 1 unspecified atom stereocenters. The average Bonchev–Trinajstić information content (AvgIpc) is 2.78. The van der Waals surface area contributed by atoms with Gasteiger partial charge in [-0.3, -0.25) is 14.6 Å². The second-order valence-electron chi connectivity index (χ2n) is 6.17. The van der Waals surface area contributed by atoms with Crippen LogP contribution in [0, 0.1) is 13.8 Å². The summed E-state index contributed by atoms with van der Waals surface area (Å²) in [4.78, 5) is 19.8. The topological polar surface area (TPSA) is 23.6 Å². The summed E-state index contributed by atoms with van der Waals surface area (Å²) in [6.07, 6.45) is 4.01. The minimum absolute atomic E-state index is 0.302. The van der Waals surface area contributed by atoms with Gasteiger partial charge in [-0.25, -0.2) is 0 Å². The van der Waals surface area contributed by atoms with Crippen molar-refractivity contribution in [3.8, 4) is 0 Å². The molecule has 2 aliphatic rings. The minimum atomic E-state index is 0.302. The van der Waals surface area contributed by atoms with Crippen molar-refractivity contribution in [3.63, 3.8) is 0 Å². The van der Waals surface area contributed by atoms with E-state index in [1.807, 2.05) is 0 Å². The molecule has 4 heteroatoms. The summed E-state index contributed by atoms with van der Waals surface area (Å²) in [5.74, 6) is 0.302. The summed E-state index contributed by atoms with van der Waals surface area (Å²) in [5, 5.41) is 0. The lowest BCUT2D eigenvalue weighted by atomic mass is 9.99. The molecule has 20 heavy (non-hydrogen) atoms. The van der Waals surface area contributed by atoms with E-state index in [9.17, 15) is 4.79 Å². The number of ketones is 1. The van der Waals surface area contributed by atoms with Gasteiger partial charge in [0.15, 0.2) is 5.78 Å². The Balaban J connectivity index is 1.60. The minimum Gasteiger partial charge on any atom is -0.298 e. The lowest BCUT2D eigenvalue weighted by Gasteiger charge is -2.43. The quantitative estimate of drug-likeness (QED) is 0.800. The molecule has 3 rings (SSSR count). The number of Topliss-reactive ketones (excluding diaryl/α,β-unsaturated/α-hetero) is 1. The number of thiophene rings is 1. The van der Waals surface area contributed by atoms with Crippen molar-refractivity contribution in [2.24, 2.45) is 0 Å². The van der Waals surface area contributed by atoms with E-state index in [4.69, 9.17) is 0 Å². The predicted molar refractivity (Wildman–Crippen MR) is 83.8 cm³/mol. The third-order valence-electron chi connectivity index (χ3n) is 4.63. The molecule has 0 amide bonds. The van der Waals surface area contributed by atoms with Crippen LogP contribution in [0.4, 0.5) is 0 Å². The van der Waals surface area contributed by atoms with Crippen LogP contribution in [-0.4, -0.2) is 54.3 Å². The summed E-state index contributed by atoms with van der Waals surface area (Å²) >= 11 is 1.73. The largest absolute Gasteiger partial charge is 0.298 e. The summed E-state index contributed by atoms with van der Waals surface area (Å²) in [6.45, 7) is 9.26. The van der Waals surface area contributed by atoms with Crippen LogP contribution in [0.1, 0.15) is 39.4 Å². The molecule has 1 aromatic heterocycles. The average molecular weight is 292 g/mol. The van der Waals surface area contributed by atoms with Gasteiger partial charge >= 0.3 is 0 Å². The van der Waals surface area contributed by atoms with Gasteiger partial charge in [0.05, 0.1) is 6.54 Å². The Kier molecular flexibility index (Phi) is 4.24. The Morgan fingerprint density at radius 2 is 2.15 bits per heavy atom. The first kappa shape index (κ1) is 14.2. The van der Waals surface area contributed by atoms with Crippen molar-refractivity contribution in [2.45, 2.75) is 39.2 Å². The molecule has 3 heterocycles. The zero-order valence-electron chi connectivity index (χ0n) is 12.5. The summed E-state index contributed by atoms with van der Waals surface area (Å²) in [6, 6.07) is 2.75. The Labute approximate surface area is 125 Å². The Morgan fingerprint density at radius 3 is 2.90 bits per heavy atom. The normalized spacial score (nSPS) is 24.6. The van der Waals surface area contributed by atoms with Crippen molar-refractivity contribution in [1.29, 1.82) is 0 Å². The number of piperidine rings is 1. The van der Waals surface area contributed by atoms with E-state index >= 15 is 0 Å². The molecule has 0 aromatic carbocycles. The number of hydrogen-bond acceptors (Lipinski definition) is 4. The zero-order valence-corrected chi connectivity index (χ0v) is 13.3. The molecule has 110 valence electrons. The zero-order chi connectivity index (χ0) is 14.1. The fourth-order valence-electron chi connectivity index (χ4n) is 3.56. The number of nitrogens with zero attached hydrogens (tertiary/aromatic N) is 2. The van der Waals surface area contributed by atoms with E-state index in [2.05, 4.69) is 29.7 Å². The van der Waals surface area contributed by atoms with E-state index in [1.165, 1.54) is 35.6 Å². The van der Waals surface area contributed by atoms with Crippen LogP contribution in [0.3, 0.4) is 0 Å². The fourth-order valence-corrected chi connectivity index (χ4v) is 4.50. The molecular formula is C16H24N2OS. The predicted octanol–water partition coefficient (Wildman–Crippen LogP) is 2.72. The molecular weight excluding hydrogens is 268 g/mol. The smallest absolute Gasteiger partial charge is 0.177 e. The lowest BCUT2D eigenvalue weighted by molar-refractivity contribution is 0.0469. The Bertz CT molecular complexity index is 497. The van der Waals surface area contributed by atoms with Gasteiger partial charge in [0.2, 0.25) is 0 Å². The molecule has 0 bridgehead atoms. The SMILES string of the molecule is Cc1cc(C(=O)CN2CCN3CCCCC3C2)c(C)s1. The van der Waals surface area contributed by atoms with Crippen LogP contribution in [-0.2, 0) is 0 Å². The van der Waals surface area contributed by atoms with Crippen LogP contribution < -0.4 is 0 Å². The summed E-state index contributed by atoms with van der Waals surface area (Å²) in [5.41, 5.74) is 0.943. The highest BCUT2D eigenvalue weighted by Crippen LogP contribution is 2.23. The molecule has 0 saturated carbocycles. The number of hydrogen-bond donors (Lipinski definition) is 0. The highest BCUT2D eigenvalue weighted by molar-refractivity contribution is 7.12. The van der Waals surface area contributed by atoms with Crippen molar-refractivity contribution in [2.75, 3.05) is 32.7 Å². The first-order chi connectivity index (χ1) is 9.63. The van der Waals surface area contributed by atoms with Gasteiger partial charge < -0.3 is 0 Å². The molecule has 2 fully saturated rings. The van der Waals surface area contributed by atoms with Crippen LogP contribution in [0.5, 0.6) is 0 Å². The molecule has 3 nitrogen and oxygen atoms in total. The van der Waals surface area contributed by atoms with Crippen molar-refractivity contribution >= 4 is 17.1 Å². The monoisotopic (exact) mass is 292 g/mol. The third-order valence-corrected chi connectivity index (χ3v) is 5.60. The van der Waals surface area contributed by atoms with Gasteiger partial charge in [0.25, 0.3) is 0 Å². The molecule has 2 saturated heterocycles. The fraction of sp³-hybridized carbons (Fsp3) is 0.688. The molecule has 2 aliphatic heterocycles. The summed E-state index contributed by atoms with van der Waals surface area (Å²) in [7, 11) is 0. The van der Waals surface area contributed by atoms with Gasteiger partial charge in [0, 0.05) is 41.0 Å². The first-order valence-electron chi connectivity index (χ1n) is 7.70. The molecule has 0 aliphatic carbocycles. The number of piperazine rings is 1. The summed E-state index contributed by atoms with van der Waals surface area (Å²) < 4.78 is 0. The van der Waals surface area contributed by atoms with E-state index in [0.29, 0.717) is 18.4 Å². The van der Waals surface area contributed by atoms with Crippen LogP contribution >= 0.6 is 11.3 Å². The van der Waals surface area contributed by atoms with Gasteiger partial charge in [-0.1, -0.05) is 6.42 Å². The maximum Gasteiger partial charge on any atom is 0.177 e. The second-order valence-corrected chi connectivity index (χ2v) is 7.63. The third kappa shape index (κ3) is 2.97. The molecule has 0 spiro atoms.